The summed E-state index contributed by atoms with van der Waals surface area (Å²) in [5.41, 5.74) is 0. The second-order valence-corrected chi connectivity index (χ2v) is 6.10. The Morgan fingerprint density at radius 1 is 1.17 bits per heavy atom. The van der Waals surface area contributed by atoms with Crippen molar-refractivity contribution in [3.8, 4) is 11.5 Å². The standard InChI is InChI=1S/C15H16Cl4O4/c1-2-21-14(20)4-3-6-23-15-11(16)8-10(9-12(15)17)22-7-5-13(18)19/h5,8-9H,2-4,6-7H2,1H3. The molecule has 23 heavy (non-hydrogen) atoms. The third kappa shape index (κ3) is 8.02. The molecule has 0 saturated carbocycles. The van der Waals surface area contributed by atoms with E-state index in [1.165, 1.54) is 6.08 Å². The van der Waals surface area contributed by atoms with Crippen molar-refractivity contribution in [2.24, 2.45) is 0 Å². The highest BCUT2D eigenvalue weighted by atomic mass is 35.5. The van der Waals surface area contributed by atoms with Crippen LogP contribution in [0.15, 0.2) is 22.7 Å². The van der Waals surface area contributed by atoms with E-state index in [2.05, 4.69) is 0 Å². The topological polar surface area (TPSA) is 44.8 Å². The van der Waals surface area contributed by atoms with Crippen molar-refractivity contribution in [2.45, 2.75) is 19.8 Å². The molecule has 0 unspecified atom stereocenters. The highest BCUT2D eigenvalue weighted by Crippen LogP contribution is 2.37. The van der Waals surface area contributed by atoms with E-state index >= 15 is 0 Å². The molecule has 0 saturated heterocycles. The molecule has 0 radical (unpaired) electrons. The van der Waals surface area contributed by atoms with Crippen LogP contribution < -0.4 is 9.47 Å². The highest BCUT2D eigenvalue weighted by molar-refractivity contribution is 6.55. The van der Waals surface area contributed by atoms with Gasteiger partial charge in [-0.2, -0.15) is 0 Å². The summed E-state index contributed by atoms with van der Waals surface area (Å²) < 4.78 is 15.8. The Kier molecular flexibility index (Phi) is 9.56. The van der Waals surface area contributed by atoms with E-state index in [1.807, 2.05) is 0 Å². The molecule has 4 nitrogen and oxygen atoms in total. The molecule has 0 amide bonds. The van der Waals surface area contributed by atoms with Crippen LogP contribution in [0.25, 0.3) is 0 Å². The van der Waals surface area contributed by atoms with Gasteiger partial charge >= 0.3 is 5.97 Å². The van der Waals surface area contributed by atoms with Crippen molar-refractivity contribution >= 4 is 52.4 Å². The molecule has 0 aliphatic heterocycles. The van der Waals surface area contributed by atoms with Crippen LogP contribution in [0, 0.1) is 0 Å². The molecule has 1 aromatic carbocycles. The predicted molar refractivity (Wildman–Crippen MR) is 93.1 cm³/mol. The minimum absolute atomic E-state index is 0.115. The molecule has 0 N–H and O–H groups in total. The number of carbonyl (C=O) groups excluding carboxylic acids is 1. The lowest BCUT2D eigenvalue weighted by molar-refractivity contribution is -0.143. The Morgan fingerprint density at radius 3 is 2.39 bits per heavy atom. The number of halogens is 4. The molecule has 8 heteroatoms. The minimum atomic E-state index is -0.261. The lowest BCUT2D eigenvalue weighted by atomic mass is 10.3. The maximum atomic E-state index is 11.2. The van der Waals surface area contributed by atoms with Crippen LogP contribution in [0.2, 0.25) is 10.0 Å². The third-order valence-corrected chi connectivity index (χ3v) is 3.41. The molecule has 0 atom stereocenters. The van der Waals surface area contributed by atoms with E-state index in [4.69, 9.17) is 60.6 Å². The molecule has 0 aromatic heterocycles. The molecule has 0 aliphatic rings. The van der Waals surface area contributed by atoms with Gasteiger partial charge in [0.2, 0.25) is 0 Å². The second-order valence-electron chi connectivity index (χ2n) is 4.28. The van der Waals surface area contributed by atoms with Gasteiger partial charge in [-0.1, -0.05) is 46.4 Å². The molecule has 128 valence electrons. The number of ether oxygens (including phenoxy) is 3. The Morgan fingerprint density at radius 2 is 1.83 bits per heavy atom. The van der Waals surface area contributed by atoms with Crippen LogP contribution in [0.5, 0.6) is 11.5 Å². The van der Waals surface area contributed by atoms with Gasteiger partial charge in [-0.15, -0.1) is 0 Å². The Bertz CT molecular complexity index is 533. The summed E-state index contributed by atoms with van der Waals surface area (Å²) in [4.78, 5) is 11.2. The van der Waals surface area contributed by atoms with Crippen LogP contribution in [-0.2, 0) is 9.53 Å². The largest absolute Gasteiger partial charge is 0.490 e. The lowest BCUT2D eigenvalue weighted by Gasteiger charge is -2.12. The minimum Gasteiger partial charge on any atom is -0.490 e. The molecular weight excluding hydrogens is 386 g/mol. The van der Waals surface area contributed by atoms with E-state index in [0.29, 0.717) is 41.2 Å². The van der Waals surface area contributed by atoms with E-state index in [0.717, 1.165) is 0 Å². The third-order valence-electron chi connectivity index (χ3n) is 2.54. The summed E-state index contributed by atoms with van der Waals surface area (Å²) in [6, 6.07) is 3.15. The van der Waals surface area contributed by atoms with Gasteiger partial charge in [-0.3, -0.25) is 4.79 Å². The van der Waals surface area contributed by atoms with E-state index in [1.54, 1.807) is 19.1 Å². The van der Waals surface area contributed by atoms with Crippen molar-refractivity contribution in [1.29, 1.82) is 0 Å². The fourth-order valence-corrected chi connectivity index (χ4v) is 2.28. The van der Waals surface area contributed by atoms with Gasteiger partial charge in [-0.25, -0.2) is 0 Å². The lowest BCUT2D eigenvalue weighted by Crippen LogP contribution is -2.07. The Labute approximate surface area is 155 Å². The summed E-state index contributed by atoms with van der Waals surface area (Å²) in [6.45, 7) is 2.61. The van der Waals surface area contributed by atoms with Gasteiger partial charge in [0, 0.05) is 18.6 Å². The van der Waals surface area contributed by atoms with Crippen molar-refractivity contribution in [1.82, 2.24) is 0 Å². The fourth-order valence-electron chi connectivity index (χ4n) is 1.58. The van der Waals surface area contributed by atoms with Crippen molar-refractivity contribution in [3.05, 3.63) is 32.7 Å². The normalized spacial score (nSPS) is 10.1. The quantitative estimate of drug-likeness (QED) is 0.409. The van der Waals surface area contributed by atoms with Crippen LogP contribution in [0.1, 0.15) is 19.8 Å². The molecule has 0 bridgehead atoms. The molecular formula is C15H16Cl4O4. The smallest absolute Gasteiger partial charge is 0.305 e. The summed E-state index contributed by atoms with van der Waals surface area (Å²) >= 11 is 23.2. The fraction of sp³-hybridized carbons (Fsp3) is 0.400. The summed E-state index contributed by atoms with van der Waals surface area (Å²) in [7, 11) is 0. The van der Waals surface area contributed by atoms with E-state index < -0.39 is 0 Å². The summed E-state index contributed by atoms with van der Waals surface area (Å²) in [6.07, 6.45) is 2.27. The maximum absolute atomic E-state index is 11.2. The van der Waals surface area contributed by atoms with Gasteiger partial charge in [0.1, 0.15) is 16.8 Å². The first-order valence-corrected chi connectivity index (χ1v) is 8.36. The summed E-state index contributed by atoms with van der Waals surface area (Å²) in [5.74, 6) is 0.545. The van der Waals surface area contributed by atoms with Crippen molar-refractivity contribution < 1.29 is 19.0 Å². The molecule has 1 aromatic rings. The van der Waals surface area contributed by atoms with Crippen molar-refractivity contribution in [2.75, 3.05) is 19.8 Å². The van der Waals surface area contributed by atoms with Gasteiger partial charge in [-0.05, 0) is 19.4 Å². The molecule has 1 rings (SSSR count). The second kappa shape index (κ2) is 10.9. The molecule has 0 fully saturated rings. The number of carbonyl (C=O) groups is 1. The van der Waals surface area contributed by atoms with Crippen molar-refractivity contribution in [3.63, 3.8) is 0 Å². The molecule has 0 spiro atoms. The van der Waals surface area contributed by atoms with E-state index in [-0.39, 0.29) is 23.5 Å². The average Bonchev–Trinajstić information content (AvgIpc) is 2.45. The molecule has 0 aliphatic carbocycles. The first kappa shape index (κ1) is 20.2. The number of benzene rings is 1. The van der Waals surface area contributed by atoms with Crippen LogP contribution >= 0.6 is 46.4 Å². The number of esters is 1. The first-order chi connectivity index (χ1) is 10.9. The Hall–Kier alpha value is -0.810. The van der Waals surface area contributed by atoms with Crippen LogP contribution in [0.3, 0.4) is 0 Å². The first-order valence-electron chi connectivity index (χ1n) is 6.85. The monoisotopic (exact) mass is 400 g/mol. The van der Waals surface area contributed by atoms with Crippen LogP contribution in [0.4, 0.5) is 0 Å². The zero-order valence-corrected chi connectivity index (χ0v) is 15.4. The predicted octanol–water partition coefficient (Wildman–Crippen LogP) is 5.41. The maximum Gasteiger partial charge on any atom is 0.305 e. The number of hydrogen-bond acceptors (Lipinski definition) is 4. The highest BCUT2D eigenvalue weighted by Gasteiger charge is 2.11. The number of rotatable bonds is 9. The number of hydrogen-bond donors (Lipinski definition) is 0. The zero-order valence-electron chi connectivity index (χ0n) is 12.4. The molecule has 0 heterocycles. The van der Waals surface area contributed by atoms with Gasteiger partial charge in [0.25, 0.3) is 0 Å². The Balaban J connectivity index is 2.53. The van der Waals surface area contributed by atoms with Gasteiger partial charge < -0.3 is 14.2 Å². The van der Waals surface area contributed by atoms with Crippen LogP contribution in [-0.4, -0.2) is 25.8 Å². The van der Waals surface area contributed by atoms with E-state index in [9.17, 15) is 4.79 Å². The zero-order chi connectivity index (χ0) is 17.2. The van der Waals surface area contributed by atoms with Gasteiger partial charge in [0.05, 0.1) is 23.3 Å². The average molecular weight is 402 g/mol. The van der Waals surface area contributed by atoms with Gasteiger partial charge in [0.15, 0.2) is 5.75 Å². The summed E-state index contributed by atoms with van der Waals surface area (Å²) in [5, 5.41) is 0.620. The SMILES string of the molecule is CCOC(=O)CCCOc1c(Cl)cc(OCC=C(Cl)Cl)cc1Cl.